The zero-order valence-electron chi connectivity index (χ0n) is 15.3. The molecule has 7 nitrogen and oxygen atoms in total. The van der Waals surface area contributed by atoms with Gasteiger partial charge in [0, 0.05) is 23.8 Å². The van der Waals surface area contributed by atoms with Gasteiger partial charge in [-0.05, 0) is 48.1 Å². The number of rotatable bonds is 8. The van der Waals surface area contributed by atoms with Crippen molar-refractivity contribution in [2.24, 2.45) is 0 Å². The van der Waals surface area contributed by atoms with Crippen LogP contribution in [0.15, 0.2) is 26.6 Å². The smallest absolute Gasteiger partial charge is 0.341 e. The number of nitrogens with one attached hydrogen (secondary N) is 1. The molecule has 1 aliphatic carbocycles. The lowest BCUT2D eigenvalue weighted by Crippen LogP contribution is -2.15. The second-order valence-electron chi connectivity index (χ2n) is 6.45. The average molecular weight is 418 g/mol. The summed E-state index contributed by atoms with van der Waals surface area (Å²) >= 11 is 2.92. The number of carbonyl (C=O) groups excluding carboxylic acids is 2. The van der Waals surface area contributed by atoms with Crippen molar-refractivity contribution in [1.29, 1.82) is 0 Å². The quantitative estimate of drug-likeness (QED) is 0.543. The molecule has 0 aliphatic heterocycles. The van der Waals surface area contributed by atoms with Gasteiger partial charge in [-0.2, -0.15) is 11.3 Å². The number of carbonyl (C=O) groups is 2. The predicted octanol–water partition coefficient (Wildman–Crippen LogP) is 4.49. The maximum Gasteiger partial charge on any atom is 0.341 e. The van der Waals surface area contributed by atoms with Gasteiger partial charge in [-0.3, -0.25) is 4.79 Å². The monoisotopic (exact) mass is 417 g/mol. The van der Waals surface area contributed by atoms with Crippen molar-refractivity contribution < 1.29 is 18.7 Å². The van der Waals surface area contributed by atoms with Crippen molar-refractivity contribution in [3.63, 3.8) is 0 Å². The standard InChI is InChI=1S/C19H19N3O4S2/c1-2-25-19(24)16-13(11-3-4-11)10-28-18(16)20-14(23)5-6-15-21-22-17(26-15)12-7-8-27-9-12/h7-11H,2-6H2,1H3,(H,20,23). The van der Waals surface area contributed by atoms with Gasteiger partial charge in [-0.25, -0.2) is 4.79 Å². The summed E-state index contributed by atoms with van der Waals surface area (Å²) in [4.78, 5) is 24.8. The lowest BCUT2D eigenvalue weighted by atomic mass is 10.1. The number of hydrogen-bond donors (Lipinski definition) is 1. The first-order chi connectivity index (χ1) is 13.7. The van der Waals surface area contributed by atoms with Gasteiger partial charge in [0.15, 0.2) is 0 Å². The molecule has 4 rings (SSSR count). The van der Waals surface area contributed by atoms with Crippen LogP contribution >= 0.6 is 22.7 Å². The van der Waals surface area contributed by atoms with Gasteiger partial charge in [-0.1, -0.05) is 0 Å². The minimum absolute atomic E-state index is 0.185. The third kappa shape index (κ3) is 4.15. The predicted molar refractivity (Wildman–Crippen MR) is 107 cm³/mol. The molecule has 3 aromatic heterocycles. The molecule has 3 aromatic rings. The van der Waals surface area contributed by atoms with E-state index in [-0.39, 0.29) is 18.3 Å². The Morgan fingerprint density at radius 3 is 2.89 bits per heavy atom. The van der Waals surface area contributed by atoms with Crippen molar-refractivity contribution >= 4 is 39.6 Å². The van der Waals surface area contributed by atoms with E-state index in [1.807, 2.05) is 22.2 Å². The topological polar surface area (TPSA) is 94.3 Å². The van der Waals surface area contributed by atoms with Crippen LogP contribution in [0.2, 0.25) is 0 Å². The molecule has 0 spiro atoms. The van der Waals surface area contributed by atoms with Crippen molar-refractivity contribution in [3.8, 4) is 11.5 Å². The van der Waals surface area contributed by atoms with E-state index in [0.29, 0.717) is 41.3 Å². The Balaban J connectivity index is 1.39. The molecule has 0 saturated heterocycles. The van der Waals surface area contributed by atoms with Gasteiger partial charge in [-0.15, -0.1) is 21.5 Å². The SMILES string of the molecule is CCOC(=O)c1c(C2CC2)csc1NC(=O)CCc1nnc(-c2ccsc2)o1. The van der Waals surface area contributed by atoms with Gasteiger partial charge >= 0.3 is 5.97 Å². The summed E-state index contributed by atoms with van der Waals surface area (Å²) in [5, 5.41) is 17.2. The Morgan fingerprint density at radius 2 is 2.18 bits per heavy atom. The summed E-state index contributed by atoms with van der Waals surface area (Å²) in [7, 11) is 0. The Kier molecular flexibility index (Phi) is 5.54. The second kappa shape index (κ2) is 8.24. The van der Waals surface area contributed by atoms with Crippen LogP contribution < -0.4 is 5.32 Å². The van der Waals surface area contributed by atoms with Crippen LogP contribution in [0.4, 0.5) is 5.00 Å². The number of esters is 1. The van der Waals surface area contributed by atoms with Crippen LogP contribution in [-0.4, -0.2) is 28.7 Å². The molecule has 28 heavy (non-hydrogen) atoms. The third-order valence-electron chi connectivity index (χ3n) is 4.37. The molecule has 0 bridgehead atoms. The van der Waals surface area contributed by atoms with Crippen molar-refractivity contribution in [2.45, 2.75) is 38.5 Å². The number of aromatic nitrogens is 2. The summed E-state index contributed by atoms with van der Waals surface area (Å²) in [6.07, 6.45) is 2.66. The van der Waals surface area contributed by atoms with Crippen molar-refractivity contribution in [3.05, 3.63) is 39.2 Å². The van der Waals surface area contributed by atoms with Gasteiger partial charge < -0.3 is 14.5 Å². The highest BCUT2D eigenvalue weighted by atomic mass is 32.1. The van der Waals surface area contributed by atoms with E-state index in [1.54, 1.807) is 18.3 Å². The fourth-order valence-corrected chi connectivity index (χ4v) is 4.52. The van der Waals surface area contributed by atoms with Crippen LogP contribution in [0.5, 0.6) is 0 Å². The molecule has 1 amide bonds. The summed E-state index contributed by atoms with van der Waals surface area (Å²) in [6.45, 7) is 2.07. The van der Waals surface area contributed by atoms with Gasteiger partial charge in [0.2, 0.25) is 17.7 Å². The Hall–Kier alpha value is -2.52. The summed E-state index contributed by atoms with van der Waals surface area (Å²) in [5.74, 6) is 0.680. The van der Waals surface area contributed by atoms with E-state index in [1.165, 1.54) is 11.3 Å². The average Bonchev–Trinajstić information content (AvgIpc) is 3.09. The molecular formula is C19H19N3O4S2. The summed E-state index contributed by atoms with van der Waals surface area (Å²) in [5.41, 5.74) is 2.36. The van der Waals surface area contributed by atoms with E-state index >= 15 is 0 Å². The molecule has 146 valence electrons. The Labute approximate surface area is 169 Å². The minimum atomic E-state index is -0.377. The van der Waals surface area contributed by atoms with E-state index in [2.05, 4.69) is 15.5 Å². The molecule has 9 heteroatoms. The highest BCUT2D eigenvalue weighted by Gasteiger charge is 2.32. The largest absolute Gasteiger partial charge is 0.462 e. The number of ether oxygens (including phenoxy) is 1. The Bertz CT molecular complexity index is 973. The number of aryl methyl sites for hydroxylation is 1. The van der Waals surface area contributed by atoms with Crippen molar-refractivity contribution in [2.75, 3.05) is 11.9 Å². The maximum atomic E-state index is 12.4. The molecule has 1 aliphatic rings. The van der Waals surface area contributed by atoms with Crippen LogP contribution in [0.1, 0.15) is 53.9 Å². The normalized spacial score (nSPS) is 13.5. The zero-order valence-corrected chi connectivity index (χ0v) is 16.9. The molecule has 3 heterocycles. The fraction of sp³-hybridized carbons (Fsp3) is 0.368. The number of anilines is 1. The maximum absolute atomic E-state index is 12.4. The lowest BCUT2D eigenvalue weighted by molar-refractivity contribution is -0.116. The molecule has 1 fully saturated rings. The van der Waals surface area contributed by atoms with Crippen LogP contribution in [0.25, 0.3) is 11.5 Å². The minimum Gasteiger partial charge on any atom is -0.462 e. The molecule has 0 unspecified atom stereocenters. The van der Waals surface area contributed by atoms with Gasteiger partial charge in [0.25, 0.3) is 0 Å². The summed E-state index contributed by atoms with van der Waals surface area (Å²) < 4.78 is 10.8. The Morgan fingerprint density at radius 1 is 1.32 bits per heavy atom. The number of hydrogen-bond acceptors (Lipinski definition) is 8. The highest BCUT2D eigenvalue weighted by Crippen LogP contribution is 2.46. The van der Waals surface area contributed by atoms with Crippen LogP contribution in [0, 0.1) is 0 Å². The highest BCUT2D eigenvalue weighted by molar-refractivity contribution is 7.15. The first kappa shape index (κ1) is 18.8. The molecule has 0 atom stereocenters. The lowest BCUT2D eigenvalue weighted by Gasteiger charge is -2.08. The molecule has 1 N–H and O–H groups in total. The van der Waals surface area contributed by atoms with E-state index in [4.69, 9.17) is 9.15 Å². The van der Waals surface area contributed by atoms with E-state index in [9.17, 15) is 9.59 Å². The fourth-order valence-electron chi connectivity index (χ4n) is 2.84. The first-order valence-electron chi connectivity index (χ1n) is 9.09. The number of thiophene rings is 2. The van der Waals surface area contributed by atoms with Crippen LogP contribution in [0.3, 0.4) is 0 Å². The van der Waals surface area contributed by atoms with Crippen molar-refractivity contribution in [1.82, 2.24) is 10.2 Å². The van der Waals surface area contributed by atoms with Gasteiger partial charge in [0.05, 0.1) is 12.2 Å². The molecule has 0 aromatic carbocycles. The van der Waals surface area contributed by atoms with Gasteiger partial charge in [0.1, 0.15) is 5.00 Å². The zero-order chi connectivity index (χ0) is 19.5. The van der Waals surface area contributed by atoms with Crippen LogP contribution in [-0.2, 0) is 16.0 Å². The summed E-state index contributed by atoms with van der Waals surface area (Å²) in [6, 6.07) is 1.90. The molecular weight excluding hydrogens is 398 g/mol. The third-order valence-corrected chi connectivity index (χ3v) is 5.97. The molecule has 1 saturated carbocycles. The first-order valence-corrected chi connectivity index (χ1v) is 10.9. The molecule has 0 radical (unpaired) electrons. The van der Waals surface area contributed by atoms with E-state index in [0.717, 1.165) is 24.0 Å². The number of amides is 1. The second-order valence-corrected chi connectivity index (χ2v) is 8.11. The number of nitrogens with zero attached hydrogens (tertiary/aromatic N) is 2. The van der Waals surface area contributed by atoms with E-state index < -0.39 is 0 Å².